The first kappa shape index (κ1) is 13.6. The molecule has 0 saturated carbocycles. The van der Waals surface area contributed by atoms with Crippen molar-refractivity contribution < 1.29 is 0 Å². The van der Waals surface area contributed by atoms with Gasteiger partial charge in [0.1, 0.15) is 0 Å². The molecule has 3 rings (SSSR count). The summed E-state index contributed by atoms with van der Waals surface area (Å²) in [5, 5.41) is 0. The zero-order valence-electron chi connectivity index (χ0n) is 12.5. The van der Waals surface area contributed by atoms with Crippen molar-refractivity contribution in [1.29, 1.82) is 0 Å². The van der Waals surface area contributed by atoms with Gasteiger partial charge in [0.2, 0.25) is 0 Å². The van der Waals surface area contributed by atoms with Crippen molar-refractivity contribution in [2.24, 2.45) is 0 Å². The molecule has 0 unspecified atom stereocenters. The van der Waals surface area contributed by atoms with Gasteiger partial charge in [0.05, 0.1) is 0 Å². The summed E-state index contributed by atoms with van der Waals surface area (Å²) in [7, 11) is 0. The molecule has 0 bridgehead atoms. The smallest absolute Gasteiger partial charge is 0.0346 e. The predicted octanol–water partition coefficient (Wildman–Crippen LogP) is 5.28. The number of rotatable bonds is 3. The van der Waals surface area contributed by atoms with Gasteiger partial charge in [0, 0.05) is 5.92 Å². The highest BCUT2D eigenvalue weighted by atomic mass is 14.2. The van der Waals surface area contributed by atoms with E-state index in [-0.39, 0.29) is 5.92 Å². The highest BCUT2D eigenvalue weighted by Crippen LogP contribution is 2.32. The summed E-state index contributed by atoms with van der Waals surface area (Å²) in [6.45, 7) is 4.26. The minimum atomic E-state index is 0.242. The number of hydrogen-bond acceptors (Lipinski definition) is 0. The van der Waals surface area contributed by atoms with E-state index in [1.165, 1.54) is 27.8 Å². The topological polar surface area (TPSA) is 0 Å². The van der Waals surface area contributed by atoms with Crippen molar-refractivity contribution in [3.63, 3.8) is 0 Å². The fourth-order valence-corrected chi connectivity index (χ4v) is 2.93. The van der Waals surface area contributed by atoms with Gasteiger partial charge < -0.3 is 0 Å². The predicted molar refractivity (Wildman–Crippen MR) is 88.6 cm³/mol. The summed E-state index contributed by atoms with van der Waals surface area (Å²) in [6.07, 6.45) is 0. The van der Waals surface area contributed by atoms with Crippen LogP contribution in [0.25, 0.3) is 0 Å². The Hall–Kier alpha value is -2.34. The maximum Gasteiger partial charge on any atom is 0.0346 e. The fraction of sp³-hybridized carbons (Fsp3) is 0.143. The molecule has 0 aliphatic carbocycles. The third-order valence-electron chi connectivity index (χ3n) is 3.75. The first-order valence-corrected chi connectivity index (χ1v) is 7.34. The van der Waals surface area contributed by atoms with Crippen LogP contribution in [0.2, 0.25) is 0 Å². The SMILES string of the molecule is Cc1[c]c(C(c2ccccc2)c2ccccc2)cc(C)c1. The van der Waals surface area contributed by atoms with Gasteiger partial charge in [-0.1, -0.05) is 78.4 Å². The van der Waals surface area contributed by atoms with E-state index in [9.17, 15) is 0 Å². The Kier molecular flexibility index (Phi) is 3.87. The summed E-state index contributed by atoms with van der Waals surface area (Å²) >= 11 is 0. The lowest BCUT2D eigenvalue weighted by molar-refractivity contribution is 0.968. The summed E-state index contributed by atoms with van der Waals surface area (Å²) in [6, 6.07) is 29.3. The molecule has 0 aliphatic heterocycles. The lowest BCUT2D eigenvalue weighted by Crippen LogP contribution is -2.04. The lowest BCUT2D eigenvalue weighted by atomic mass is 9.84. The van der Waals surface area contributed by atoms with Crippen LogP contribution in [-0.2, 0) is 0 Å². The summed E-state index contributed by atoms with van der Waals surface area (Å²) in [4.78, 5) is 0. The number of aryl methyl sites for hydroxylation is 2. The second-order valence-corrected chi connectivity index (χ2v) is 5.55. The van der Waals surface area contributed by atoms with E-state index in [1.807, 2.05) is 0 Å². The van der Waals surface area contributed by atoms with Gasteiger partial charge in [-0.15, -0.1) is 0 Å². The molecule has 3 aromatic rings. The van der Waals surface area contributed by atoms with Crippen molar-refractivity contribution in [3.8, 4) is 0 Å². The zero-order chi connectivity index (χ0) is 14.7. The molecule has 103 valence electrons. The molecule has 0 heteroatoms. The molecule has 0 aromatic heterocycles. The van der Waals surface area contributed by atoms with Crippen LogP contribution in [0.4, 0.5) is 0 Å². The molecule has 1 radical (unpaired) electrons. The molecule has 0 atom stereocenters. The molecule has 0 amide bonds. The Morgan fingerprint density at radius 2 is 1.24 bits per heavy atom. The third kappa shape index (κ3) is 3.05. The van der Waals surface area contributed by atoms with E-state index in [2.05, 4.69) is 92.7 Å². The van der Waals surface area contributed by atoms with Crippen molar-refractivity contribution in [3.05, 3.63) is 107 Å². The van der Waals surface area contributed by atoms with Crippen molar-refractivity contribution >= 4 is 0 Å². The molecule has 0 N–H and O–H groups in total. The largest absolute Gasteiger partial charge is 0.0622 e. The molecule has 0 nitrogen and oxygen atoms in total. The van der Waals surface area contributed by atoms with E-state index in [1.54, 1.807) is 0 Å². The Morgan fingerprint density at radius 1 is 0.714 bits per heavy atom. The molecule has 0 heterocycles. The molecule has 0 aliphatic rings. The Bertz CT molecular complexity index is 652. The van der Waals surface area contributed by atoms with E-state index in [4.69, 9.17) is 0 Å². The number of benzene rings is 3. The second kappa shape index (κ2) is 5.97. The minimum absolute atomic E-state index is 0.242. The molecule has 21 heavy (non-hydrogen) atoms. The Balaban J connectivity index is 2.17. The fourth-order valence-electron chi connectivity index (χ4n) is 2.93. The molecule has 0 spiro atoms. The molecular weight excluding hydrogens is 252 g/mol. The average molecular weight is 271 g/mol. The monoisotopic (exact) mass is 271 g/mol. The highest BCUT2D eigenvalue weighted by molar-refractivity contribution is 5.44. The van der Waals surface area contributed by atoms with Gasteiger partial charge in [-0.2, -0.15) is 0 Å². The van der Waals surface area contributed by atoms with E-state index < -0.39 is 0 Å². The van der Waals surface area contributed by atoms with Gasteiger partial charge in [0.15, 0.2) is 0 Å². The maximum absolute atomic E-state index is 3.55. The quantitative estimate of drug-likeness (QED) is 0.568. The van der Waals surface area contributed by atoms with E-state index in [0.29, 0.717) is 0 Å². The molecule has 0 fully saturated rings. The van der Waals surface area contributed by atoms with Gasteiger partial charge in [0.25, 0.3) is 0 Å². The van der Waals surface area contributed by atoms with Crippen LogP contribution >= 0.6 is 0 Å². The van der Waals surface area contributed by atoms with Crippen LogP contribution in [0.15, 0.2) is 72.8 Å². The zero-order valence-corrected chi connectivity index (χ0v) is 12.5. The standard InChI is InChI=1S/C21H19/c1-16-13-17(2)15-20(14-16)21(18-9-5-3-6-10-18)19-11-7-4-8-12-19/h3-14,21H,1-2H3. The highest BCUT2D eigenvalue weighted by Gasteiger charge is 2.17. The maximum atomic E-state index is 3.55. The third-order valence-corrected chi connectivity index (χ3v) is 3.75. The second-order valence-electron chi connectivity index (χ2n) is 5.55. The summed E-state index contributed by atoms with van der Waals surface area (Å²) in [5.41, 5.74) is 6.35. The summed E-state index contributed by atoms with van der Waals surface area (Å²) in [5.74, 6) is 0.242. The Labute approximate surface area is 127 Å². The first-order valence-electron chi connectivity index (χ1n) is 7.34. The van der Waals surface area contributed by atoms with Gasteiger partial charge in [-0.05, 0) is 42.2 Å². The van der Waals surface area contributed by atoms with Crippen LogP contribution in [0.1, 0.15) is 33.7 Å². The van der Waals surface area contributed by atoms with E-state index in [0.717, 1.165) is 0 Å². The van der Waals surface area contributed by atoms with Crippen LogP contribution in [0, 0.1) is 19.9 Å². The lowest BCUT2D eigenvalue weighted by Gasteiger charge is -2.19. The van der Waals surface area contributed by atoms with Gasteiger partial charge >= 0.3 is 0 Å². The molecular formula is C21H19. The van der Waals surface area contributed by atoms with Crippen molar-refractivity contribution in [2.75, 3.05) is 0 Å². The van der Waals surface area contributed by atoms with E-state index >= 15 is 0 Å². The number of hydrogen-bond donors (Lipinski definition) is 0. The minimum Gasteiger partial charge on any atom is -0.0622 e. The van der Waals surface area contributed by atoms with Crippen molar-refractivity contribution in [1.82, 2.24) is 0 Å². The summed E-state index contributed by atoms with van der Waals surface area (Å²) < 4.78 is 0. The van der Waals surface area contributed by atoms with Crippen LogP contribution in [-0.4, -0.2) is 0 Å². The van der Waals surface area contributed by atoms with Crippen molar-refractivity contribution in [2.45, 2.75) is 19.8 Å². The average Bonchev–Trinajstić information content (AvgIpc) is 2.49. The Morgan fingerprint density at radius 3 is 1.71 bits per heavy atom. The molecule has 0 saturated heterocycles. The normalized spacial score (nSPS) is 10.8. The van der Waals surface area contributed by atoms with Crippen LogP contribution < -0.4 is 0 Å². The van der Waals surface area contributed by atoms with Gasteiger partial charge in [-0.25, -0.2) is 0 Å². The van der Waals surface area contributed by atoms with Crippen LogP contribution in [0.5, 0.6) is 0 Å². The molecule has 3 aromatic carbocycles. The van der Waals surface area contributed by atoms with Crippen LogP contribution in [0.3, 0.4) is 0 Å². The van der Waals surface area contributed by atoms with Gasteiger partial charge in [-0.3, -0.25) is 0 Å². The first-order chi connectivity index (χ1) is 10.2.